The van der Waals surface area contributed by atoms with Gasteiger partial charge in [0.2, 0.25) is 0 Å². The number of hydrogen-bond acceptors (Lipinski definition) is 3. The Balaban J connectivity index is 2.10. The van der Waals surface area contributed by atoms with E-state index in [2.05, 4.69) is 47.7 Å². The number of aromatic nitrogens is 1. The number of thioether (sulfide) groups is 1. The van der Waals surface area contributed by atoms with Crippen LogP contribution in [0.4, 0.5) is 5.69 Å². The van der Waals surface area contributed by atoms with Crippen molar-refractivity contribution in [1.82, 2.24) is 4.98 Å². The highest BCUT2D eigenvalue weighted by Gasteiger charge is 2.06. The standard InChI is InChI=1S/C15H17ClN2S/c1-10-8-13(9-17-15(10)16)18-11(2)12-4-6-14(19-3)7-5-12/h4-9,11,18H,1-3H3. The molecule has 1 aromatic carbocycles. The number of hydrogen-bond donors (Lipinski definition) is 1. The zero-order valence-corrected chi connectivity index (χ0v) is 12.8. The average Bonchev–Trinajstić information content (AvgIpc) is 2.43. The fourth-order valence-electron chi connectivity index (χ4n) is 1.86. The van der Waals surface area contributed by atoms with Crippen LogP contribution in [0.2, 0.25) is 5.15 Å². The maximum Gasteiger partial charge on any atom is 0.132 e. The van der Waals surface area contributed by atoms with E-state index in [0.29, 0.717) is 5.15 Å². The van der Waals surface area contributed by atoms with Crippen LogP contribution in [0.1, 0.15) is 24.1 Å². The van der Waals surface area contributed by atoms with Gasteiger partial charge in [-0.25, -0.2) is 4.98 Å². The smallest absolute Gasteiger partial charge is 0.132 e. The van der Waals surface area contributed by atoms with Crippen LogP contribution in [-0.2, 0) is 0 Å². The van der Waals surface area contributed by atoms with Gasteiger partial charge in [0.1, 0.15) is 5.15 Å². The summed E-state index contributed by atoms with van der Waals surface area (Å²) in [6.45, 7) is 4.09. The molecule has 1 N–H and O–H groups in total. The Morgan fingerprint density at radius 1 is 1.26 bits per heavy atom. The van der Waals surface area contributed by atoms with E-state index < -0.39 is 0 Å². The summed E-state index contributed by atoms with van der Waals surface area (Å²) in [6, 6.07) is 10.8. The third-order valence-corrected chi connectivity index (χ3v) is 4.15. The van der Waals surface area contributed by atoms with Crippen molar-refractivity contribution < 1.29 is 0 Å². The van der Waals surface area contributed by atoms with Crippen molar-refractivity contribution in [3.8, 4) is 0 Å². The van der Waals surface area contributed by atoms with Gasteiger partial charge >= 0.3 is 0 Å². The van der Waals surface area contributed by atoms with Crippen LogP contribution in [-0.4, -0.2) is 11.2 Å². The Kier molecular flexibility index (Phi) is 4.72. The summed E-state index contributed by atoms with van der Waals surface area (Å²) in [4.78, 5) is 5.43. The summed E-state index contributed by atoms with van der Waals surface area (Å²) >= 11 is 7.68. The number of anilines is 1. The second-order valence-corrected chi connectivity index (χ2v) is 5.71. The normalized spacial score (nSPS) is 12.2. The molecule has 0 bridgehead atoms. The molecular formula is C15H17ClN2S. The van der Waals surface area contributed by atoms with Crippen molar-refractivity contribution >= 4 is 29.1 Å². The second kappa shape index (κ2) is 6.31. The molecule has 1 atom stereocenters. The molecule has 0 amide bonds. The first-order valence-electron chi connectivity index (χ1n) is 6.13. The van der Waals surface area contributed by atoms with E-state index in [1.807, 2.05) is 13.0 Å². The number of nitrogens with zero attached hydrogens (tertiary/aromatic N) is 1. The lowest BCUT2D eigenvalue weighted by molar-refractivity contribution is 0.880. The van der Waals surface area contributed by atoms with Gasteiger partial charge in [0.05, 0.1) is 11.9 Å². The van der Waals surface area contributed by atoms with Crippen LogP contribution in [0.3, 0.4) is 0 Å². The zero-order chi connectivity index (χ0) is 13.8. The Labute approximate surface area is 123 Å². The Hall–Kier alpha value is -1.19. The monoisotopic (exact) mass is 292 g/mol. The summed E-state index contributed by atoms with van der Waals surface area (Å²) in [5.41, 5.74) is 3.23. The quantitative estimate of drug-likeness (QED) is 0.638. The topological polar surface area (TPSA) is 24.9 Å². The molecule has 19 heavy (non-hydrogen) atoms. The van der Waals surface area contributed by atoms with E-state index in [-0.39, 0.29) is 6.04 Å². The molecule has 2 nitrogen and oxygen atoms in total. The molecule has 4 heteroatoms. The van der Waals surface area contributed by atoms with E-state index in [4.69, 9.17) is 11.6 Å². The molecule has 0 spiro atoms. The van der Waals surface area contributed by atoms with Crippen molar-refractivity contribution in [1.29, 1.82) is 0 Å². The fraction of sp³-hybridized carbons (Fsp3) is 0.267. The van der Waals surface area contributed by atoms with Gasteiger partial charge in [0.15, 0.2) is 0 Å². The molecule has 0 fully saturated rings. The lowest BCUT2D eigenvalue weighted by atomic mass is 10.1. The minimum absolute atomic E-state index is 0.235. The second-order valence-electron chi connectivity index (χ2n) is 4.47. The van der Waals surface area contributed by atoms with Gasteiger partial charge in [-0.05, 0) is 49.4 Å². The molecular weight excluding hydrogens is 276 g/mol. The SMILES string of the molecule is CSc1ccc(C(C)Nc2cnc(Cl)c(C)c2)cc1. The maximum absolute atomic E-state index is 5.93. The lowest BCUT2D eigenvalue weighted by Crippen LogP contribution is -2.07. The predicted molar refractivity (Wildman–Crippen MR) is 84.2 cm³/mol. The fourth-order valence-corrected chi connectivity index (χ4v) is 2.37. The molecule has 2 rings (SSSR count). The minimum Gasteiger partial charge on any atom is -0.377 e. The first kappa shape index (κ1) is 14.2. The molecule has 0 radical (unpaired) electrons. The number of nitrogens with one attached hydrogen (secondary N) is 1. The van der Waals surface area contributed by atoms with E-state index in [1.165, 1.54) is 10.5 Å². The maximum atomic E-state index is 5.93. The van der Waals surface area contributed by atoms with Gasteiger partial charge in [-0.2, -0.15) is 0 Å². The van der Waals surface area contributed by atoms with Crippen molar-refractivity contribution in [2.75, 3.05) is 11.6 Å². The van der Waals surface area contributed by atoms with E-state index in [9.17, 15) is 0 Å². The average molecular weight is 293 g/mol. The number of halogens is 1. The number of rotatable bonds is 4. The number of benzene rings is 1. The van der Waals surface area contributed by atoms with Crippen molar-refractivity contribution in [2.45, 2.75) is 24.8 Å². The summed E-state index contributed by atoms with van der Waals surface area (Å²) in [6.07, 6.45) is 3.85. The van der Waals surface area contributed by atoms with Gasteiger partial charge in [0.25, 0.3) is 0 Å². The molecule has 0 saturated carbocycles. The highest BCUT2D eigenvalue weighted by Crippen LogP contribution is 2.23. The van der Waals surface area contributed by atoms with Gasteiger partial charge < -0.3 is 5.32 Å². The summed E-state index contributed by atoms with van der Waals surface area (Å²) in [7, 11) is 0. The minimum atomic E-state index is 0.235. The van der Waals surface area contributed by atoms with Crippen LogP contribution >= 0.6 is 23.4 Å². The predicted octanol–water partition coefficient (Wildman–Crippen LogP) is 4.94. The molecule has 0 saturated heterocycles. The number of pyridine rings is 1. The molecule has 0 aliphatic rings. The van der Waals surface area contributed by atoms with E-state index >= 15 is 0 Å². The zero-order valence-electron chi connectivity index (χ0n) is 11.3. The molecule has 1 aromatic heterocycles. The van der Waals surface area contributed by atoms with Crippen LogP contribution in [0.5, 0.6) is 0 Å². The van der Waals surface area contributed by atoms with Crippen molar-refractivity contribution in [2.24, 2.45) is 0 Å². The largest absolute Gasteiger partial charge is 0.377 e. The van der Waals surface area contributed by atoms with Gasteiger partial charge in [-0.1, -0.05) is 23.7 Å². The highest BCUT2D eigenvalue weighted by atomic mass is 35.5. The van der Waals surface area contributed by atoms with Crippen molar-refractivity contribution in [3.63, 3.8) is 0 Å². The molecule has 0 aliphatic heterocycles. The first-order valence-corrected chi connectivity index (χ1v) is 7.73. The summed E-state index contributed by atoms with van der Waals surface area (Å²) in [5, 5.41) is 3.99. The summed E-state index contributed by atoms with van der Waals surface area (Å²) < 4.78 is 0. The van der Waals surface area contributed by atoms with Crippen LogP contribution in [0, 0.1) is 6.92 Å². The third-order valence-electron chi connectivity index (χ3n) is 3.01. The van der Waals surface area contributed by atoms with Gasteiger partial charge in [0, 0.05) is 10.9 Å². The third kappa shape index (κ3) is 3.64. The lowest BCUT2D eigenvalue weighted by Gasteiger charge is -2.16. The summed E-state index contributed by atoms with van der Waals surface area (Å²) in [5.74, 6) is 0. The van der Waals surface area contributed by atoms with E-state index in [0.717, 1.165) is 11.3 Å². The molecule has 1 unspecified atom stereocenters. The molecule has 2 aromatic rings. The molecule has 100 valence electrons. The molecule has 1 heterocycles. The molecule has 0 aliphatic carbocycles. The number of aryl methyl sites for hydroxylation is 1. The van der Waals surface area contributed by atoms with E-state index in [1.54, 1.807) is 18.0 Å². The Bertz CT molecular complexity index is 555. The van der Waals surface area contributed by atoms with Crippen LogP contribution in [0.25, 0.3) is 0 Å². The first-order chi connectivity index (χ1) is 9.10. The van der Waals surface area contributed by atoms with Crippen LogP contribution < -0.4 is 5.32 Å². The van der Waals surface area contributed by atoms with Gasteiger partial charge in [-0.3, -0.25) is 0 Å². The van der Waals surface area contributed by atoms with Crippen molar-refractivity contribution in [3.05, 3.63) is 52.8 Å². The van der Waals surface area contributed by atoms with Crippen LogP contribution in [0.15, 0.2) is 41.4 Å². The Morgan fingerprint density at radius 2 is 1.95 bits per heavy atom. The van der Waals surface area contributed by atoms with Gasteiger partial charge in [-0.15, -0.1) is 11.8 Å². The Morgan fingerprint density at radius 3 is 2.53 bits per heavy atom. The highest BCUT2D eigenvalue weighted by molar-refractivity contribution is 7.98.